The van der Waals surface area contributed by atoms with Gasteiger partial charge in [0.15, 0.2) is 0 Å². The summed E-state index contributed by atoms with van der Waals surface area (Å²) in [6.07, 6.45) is 4.41. The van der Waals surface area contributed by atoms with Crippen LogP contribution in [-0.2, 0) is 4.74 Å². The number of hydrogen-bond acceptors (Lipinski definition) is 2. The molecule has 1 aliphatic rings. The van der Waals surface area contributed by atoms with Crippen molar-refractivity contribution in [1.82, 2.24) is 5.32 Å². The first-order valence-electron chi connectivity index (χ1n) is 5.84. The Bertz CT molecular complexity index is 168. The largest absolute Gasteiger partial charge is 0.375 e. The minimum absolute atomic E-state index is 0.242. The van der Waals surface area contributed by atoms with Gasteiger partial charge in [-0.1, -0.05) is 6.92 Å². The number of rotatable bonds is 4. The molecule has 0 aromatic heterocycles. The highest BCUT2D eigenvalue weighted by Crippen LogP contribution is 2.26. The van der Waals surface area contributed by atoms with E-state index < -0.39 is 0 Å². The Morgan fingerprint density at radius 3 is 2.36 bits per heavy atom. The van der Waals surface area contributed by atoms with Crippen LogP contribution in [0.4, 0.5) is 0 Å². The summed E-state index contributed by atoms with van der Waals surface area (Å²) >= 11 is 0. The second kappa shape index (κ2) is 4.63. The molecule has 1 atom stereocenters. The molecule has 0 saturated heterocycles. The maximum Gasteiger partial charge on any atom is 0.0608 e. The topological polar surface area (TPSA) is 21.3 Å². The van der Waals surface area contributed by atoms with E-state index in [9.17, 15) is 0 Å². The van der Waals surface area contributed by atoms with Gasteiger partial charge in [-0.05, 0) is 47.0 Å². The van der Waals surface area contributed by atoms with E-state index in [2.05, 4.69) is 39.9 Å². The smallest absolute Gasteiger partial charge is 0.0608 e. The van der Waals surface area contributed by atoms with Gasteiger partial charge in [-0.15, -0.1) is 0 Å². The lowest BCUT2D eigenvalue weighted by Crippen LogP contribution is -2.52. The molecular formula is C12H25NO. The molecule has 0 amide bonds. The van der Waals surface area contributed by atoms with E-state index in [0.717, 1.165) is 6.42 Å². The summed E-state index contributed by atoms with van der Waals surface area (Å²) in [5, 5.41) is 3.60. The van der Waals surface area contributed by atoms with E-state index in [0.29, 0.717) is 18.2 Å². The van der Waals surface area contributed by atoms with E-state index in [1.54, 1.807) is 0 Å². The Morgan fingerprint density at radius 2 is 1.93 bits per heavy atom. The average molecular weight is 199 g/mol. The number of hydrogen-bond donors (Lipinski definition) is 1. The van der Waals surface area contributed by atoms with E-state index in [-0.39, 0.29) is 5.54 Å². The molecule has 0 heterocycles. The highest BCUT2D eigenvalue weighted by Gasteiger charge is 2.32. The Balaban J connectivity index is 2.12. The lowest BCUT2D eigenvalue weighted by Gasteiger charge is -2.41. The Kier molecular flexibility index (Phi) is 3.96. The molecule has 0 aromatic rings. The summed E-state index contributed by atoms with van der Waals surface area (Å²) in [6, 6.07) is 0.670. The van der Waals surface area contributed by atoms with Crippen molar-refractivity contribution in [1.29, 1.82) is 0 Å². The molecule has 0 aromatic carbocycles. The molecule has 0 unspecified atom stereocenters. The van der Waals surface area contributed by atoms with Crippen molar-refractivity contribution in [3.63, 3.8) is 0 Å². The van der Waals surface area contributed by atoms with Gasteiger partial charge in [0.1, 0.15) is 0 Å². The Hall–Kier alpha value is -0.0800. The van der Waals surface area contributed by atoms with Crippen molar-refractivity contribution in [2.75, 3.05) is 0 Å². The highest BCUT2D eigenvalue weighted by molar-refractivity contribution is 4.90. The van der Waals surface area contributed by atoms with Crippen LogP contribution < -0.4 is 5.32 Å². The summed E-state index contributed by atoms with van der Waals surface area (Å²) in [5.74, 6) is 0. The summed E-state index contributed by atoms with van der Waals surface area (Å²) in [4.78, 5) is 0. The van der Waals surface area contributed by atoms with Gasteiger partial charge in [-0.3, -0.25) is 0 Å². The van der Waals surface area contributed by atoms with Crippen LogP contribution in [0.1, 0.15) is 53.9 Å². The number of nitrogens with one attached hydrogen (secondary N) is 1. The molecule has 0 spiro atoms. The molecule has 2 heteroatoms. The standard InChI is InChI=1S/C12H25NO/c1-6-9(2)14-11-7-10(8-11)13-12(3,4)5/h9-11,13H,6-8H2,1-5H3/t9-,10?,11?/m1/s1. The molecule has 1 fully saturated rings. The van der Waals surface area contributed by atoms with Crippen molar-refractivity contribution in [2.45, 2.75) is 77.7 Å². The second-order valence-electron chi connectivity index (χ2n) is 5.54. The van der Waals surface area contributed by atoms with Crippen LogP contribution in [0.2, 0.25) is 0 Å². The molecule has 14 heavy (non-hydrogen) atoms. The third kappa shape index (κ3) is 3.97. The highest BCUT2D eigenvalue weighted by atomic mass is 16.5. The third-order valence-corrected chi connectivity index (χ3v) is 2.73. The summed E-state index contributed by atoms with van der Waals surface area (Å²) < 4.78 is 5.84. The summed E-state index contributed by atoms with van der Waals surface area (Å²) in [7, 11) is 0. The summed E-state index contributed by atoms with van der Waals surface area (Å²) in [5.41, 5.74) is 0.242. The van der Waals surface area contributed by atoms with Crippen LogP contribution in [0.3, 0.4) is 0 Å². The SMILES string of the molecule is CC[C@@H](C)OC1CC(NC(C)(C)C)C1. The molecule has 1 aliphatic carbocycles. The van der Waals surface area contributed by atoms with Gasteiger partial charge in [0.25, 0.3) is 0 Å². The monoisotopic (exact) mass is 199 g/mol. The predicted octanol–water partition coefficient (Wildman–Crippen LogP) is 2.72. The molecule has 0 bridgehead atoms. The lowest BCUT2D eigenvalue weighted by molar-refractivity contribution is -0.0613. The van der Waals surface area contributed by atoms with E-state index in [4.69, 9.17) is 4.74 Å². The van der Waals surface area contributed by atoms with E-state index in [1.165, 1.54) is 12.8 Å². The molecule has 1 rings (SSSR count). The number of ether oxygens (including phenoxy) is 1. The van der Waals surface area contributed by atoms with Crippen molar-refractivity contribution in [3.05, 3.63) is 0 Å². The first kappa shape index (κ1) is 12.0. The predicted molar refractivity (Wildman–Crippen MR) is 60.5 cm³/mol. The van der Waals surface area contributed by atoms with Gasteiger partial charge in [0.05, 0.1) is 12.2 Å². The first-order chi connectivity index (χ1) is 6.40. The zero-order chi connectivity index (χ0) is 10.8. The zero-order valence-electron chi connectivity index (χ0n) is 10.3. The molecule has 0 radical (unpaired) electrons. The fourth-order valence-corrected chi connectivity index (χ4v) is 1.83. The van der Waals surface area contributed by atoms with Crippen molar-refractivity contribution < 1.29 is 4.74 Å². The van der Waals surface area contributed by atoms with Crippen molar-refractivity contribution in [3.8, 4) is 0 Å². The molecule has 84 valence electrons. The maximum absolute atomic E-state index is 5.84. The van der Waals surface area contributed by atoms with Crippen LogP contribution in [0, 0.1) is 0 Å². The molecule has 2 nitrogen and oxygen atoms in total. The Morgan fingerprint density at radius 1 is 1.36 bits per heavy atom. The van der Waals surface area contributed by atoms with Gasteiger partial charge >= 0.3 is 0 Å². The summed E-state index contributed by atoms with van der Waals surface area (Å²) in [6.45, 7) is 11.0. The molecule has 1 saturated carbocycles. The average Bonchev–Trinajstić information content (AvgIpc) is 1.97. The van der Waals surface area contributed by atoms with Crippen LogP contribution >= 0.6 is 0 Å². The molecule has 0 aliphatic heterocycles. The minimum Gasteiger partial charge on any atom is -0.375 e. The first-order valence-corrected chi connectivity index (χ1v) is 5.84. The van der Waals surface area contributed by atoms with Crippen molar-refractivity contribution in [2.24, 2.45) is 0 Å². The normalized spacial score (nSPS) is 29.8. The second-order valence-corrected chi connectivity index (χ2v) is 5.54. The van der Waals surface area contributed by atoms with Gasteiger partial charge in [-0.2, -0.15) is 0 Å². The van der Waals surface area contributed by atoms with Crippen LogP contribution in [-0.4, -0.2) is 23.8 Å². The third-order valence-electron chi connectivity index (χ3n) is 2.73. The van der Waals surface area contributed by atoms with Crippen LogP contribution in [0.15, 0.2) is 0 Å². The molecule has 1 N–H and O–H groups in total. The van der Waals surface area contributed by atoms with Crippen LogP contribution in [0.5, 0.6) is 0 Å². The van der Waals surface area contributed by atoms with E-state index in [1.807, 2.05) is 0 Å². The van der Waals surface area contributed by atoms with E-state index >= 15 is 0 Å². The quantitative estimate of drug-likeness (QED) is 0.751. The van der Waals surface area contributed by atoms with Crippen LogP contribution in [0.25, 0.3) is 0 Å². The van der Waals surface area contributed by atoms with Gasteiger partial charge in [0.2, 0.25) is 0 Å². The minimum atomic E-state index is 0.242. The van der Waals surface area contributed by atoms with Gasteiger partial charge in [0, 0.05) is 11.6 Å². The Labute approximate surface area is 88.4 Å². The lowest BCUT2D eigenvalue weighted by atomic mass is 9.87. The zero-order valence-corrected chi connectivity index (χ0v) is 10.3. The fourth-order valence-electron chi connectivity index (χ4n) is 1.83. The van der Waals surface area contributed by atoms with Gasteiger partial charge in [-0.25, -0.2) is 0 Å². The maximum atomic E-state index is 5.84. The van der Waals surface area contributed by atoms with Gasteiger partial charge < -0.3 is 10.1 Å². The van der Waals surface area contributed by atoms with Crippen molar-refractivity contribution >= 4 is 0 Å². The fraction of sp³-hybridized carbons (Fsp3) is 1.00. The molecular weight excluding hydrogens is 174 g/mol.